The van der Waals surface area contributed by atoms with E-state index in [0.717, 1.165) is 33.4 Å². The molecule has 0 aliphatic rings. The van der Waals surface area contributed by atoms with E-state index in [1.807, 2.05) is 24.3 Å². The van der Waals surface area contributed by atoms with Gasteiger partial charge in [-0.25, -0.2) is 0 Å². The van der Waals surface area contributed by atoms with Crippen molar-refractivity contribution in [3.63, 3.8) is 0 Å². The summed E-state index contributed by atoms with van der Waals surface area (Å²) in [5.74, 6) is 0. The van der Waals surface area contributed by atoms with Gasteiger partial charge in [0, 0.05) is 0 Å². The monoisotopic (exact) mass is 612 g/mol. The minimum absolute atomic E-state index is 0.0446. The van der Waals surface area contributed by atoms with Gasteiger partial charge in [-0.2, -0.15) is 0 Å². The van der Waals surface area contributed by atoms with Crippen LogP contribution in [0.15, 0.2) is 78.9 Å². The normalized spacial score (nSPS) is 13.7. The van der Waals surface area contributed by atoms with Gasteiger partial charge < -0.3 is 0 Å². The van der Waals surface area contributed by atoms with Crippen LogP contribution in [0.5, 0.6) is 0 Å². The zero-order valence-corrected chi connectivity index (χ0v) is 29.8. The Hall–Kier alpha value is -2.81. The molecule has 4 rings (SSSR count). The van der Waals surface area contributed by atoms with Crippen molar-refractivity contribution in [2.45, 2.75) is 105 Å². The molecule has 0 fully saturated rings. The fraction of sp³-hybridized carbons (Fsp3) is 0.400. The molecule has 4 aromatic carbocycles. The Bertz CT molecular complexity index is 1650. The third kappa shape index (κ3) is 7.03. The molecular weight excluding hydrogens is 559 g/mol. The molecule has 236 valence electrons. The quantitative estimate of drug-likeness (QED) is 0.201. The standard InChI is InChI=1S/C40H53O3P/c1-37(2,3)27-18-20-30(32(24-27)39(7,8)9)35-29(26-16-14-13-15-17-26)22-23-34(44(41,42)43)36(35)31-21-19-28(38(4,5)6)25-33(31)40(10,11)12/h13-25,41-44H,1-12H3. The van der Waals surface area contributed by atoms with E-state index in [1.54, 1.807) is 6.07 Å². The maximum atomic E-state index is 11.1. The van der Waals surface area contributed by atoms with Gasteiger partial charge in [0.25, 0.3) is 0 Å². The topological polar surface area (TPSA) is 60.7 Å². The van der Waals surface area contributed by atoms with Crippen molar-refractivity contribution < 1.29 is 14.7 Å². The van der Waals surface area contributed by atoms with Crippen molar-refractivity contribution in [3.8, 4) is 33.4 Å². The molecule has 0 amide bonds. The van der Waals surface area contributed by atoms with Gasteiger partial charge in [-0.3, -0.25) is 0 Å². The van der Waals surface area contributed by atoms with Crippen LogP contribution in [0.1, 0.15) is 105 Å². The summed E-state index contributed by atoms with van der Waals surface area (Å²) >= 11 is 0. The molecule has 3 nitrogen and oxygen atoms in total. The van der Waals surface area contributed by atoms with Gasteiger partial charge in [0.1, 0.15) is 0 Å². The second-order valence-electron chi connectivity index (χ2n) is 16.4. The molecule has 0 spiro atoms. The molecule has 3 N–H and O–H groups in total. The molecule has 0 radical (unpaired) electrons. The molecule has 0 atom stereocenters. The molecule has 0 aliphatic heterocycles. The van der Waals surface area contributed by atoms with E-state index in [0.29, 0.717) is 5.56 Å². The van der Waals surface area contributed by atoms with Crippen LogP contribution in [0.2, 0.25) is 0 Å². The van der Waals surface area contributed by atoms with Crippen LogP contribution >= 0.6 is 7.94 Å². The molecule has 0 aliphatic carbocycles. The van der Waals surface area contributed by atoms with Crippen molar-refractivity contribution in [1.82, 2.24) is 0 Å². The van der Waals surface area contributed by atoms with E-state index < -0.39 is 7.94 Å². The Morgan fingerprint density at radius 2 is 0.841 bits per heavy atom. The van der Waals surface area contributed by atoms with Crippen molar-refractivity contribution in [2.75, 3.05) is 0 Å². The summed E-state index contributed by atoms with van der Waals surface area (Å²) in [7, 11) is -4.79. The van der Waals surface area contributed by atoms with Gasteiger partial charge in [-0.1, -0.05) is 0 Å². The second kappa shape index (κ2) is 11.5. The first-order valence-corrected chi connectivity index (χ1v) is 17.6. The fourth-order valence-electron chi connectivity index (χ4n) is 6.00. The van der Waals surface area contributed by atoms with Gasteiger partial charge in [0.15, 0.2) is 0 Å². The van der Waals surface area contributed by atoms with Gasteiger partial charge in [0.05, 0.1) is 0 Å². The summed E-state index contributed by atoms with van der Waals surface area (Å²) in [6, 6.07) is 27.2. The van der Waals surface area contributed by atoms with E-state index in [-0.39, 0.29) is 27.0 Å². The zero-order chi connectivity index (χ0) is 33.0. The first-order valence-electron chi connectivity index (χ1n) is 15.7. The minimum atomic E-state index is -4.79. The molecule has 4 aromatic rings. The summed E-state index contributed by atoms with van der Waals surface area (Å²) in [5.41, 5.74) is 9.66. The number of benzene rings is 4. The summed E-state index contributed by atoms with van der Waals surface area (Å²) in [6.45, 7) is 26.6. The van der Waals surface area contributed by atoms with Crippen LogP contribution in [0.3, 0.4) is 0 Å². The number of hydrogen-bond acceptors (Lipinski definition) is 3. The average molecular weight is 613 g/mol. The molecule has 0 saturated heterocycles. The Morgan fingerprint density at radius 1 is 0.432 bits per heavy atom. The second-order valence-corrected chi connectivity index (χ2v) is 18.2. The molecule has 0 bridgehead atoms. The van der Waals surface area contributed by atoms with Crippen molar-refractivity contribution >= 4 is 13.2 Å². The predicted octanol–water partition coefficient (Wildman–Crippen LogP) is 9.97. The SMILES string of the molecule is CC(C)(C)c1ccc(-c2c(-c3ccccc3)ccc([PH](O)(O)O)c2-c2ccc(C(C)(C)C)cc2C(C)(C)C)c(C(C)(C)C)c1. The fourth-order valence-corrected chi connectivity index (χ4v) is 6.90. The molecule has 0 aromatic heterocycles. The molecule has 44 heavy (non-hydrogen) atoms. The summed E-state index contributed by atoms with van der Waals surface area (Å²) in [4.78, 5) is 33.2. The van der Waals surface area contributed by atoms with Crippen LogP contribution in [0, 0.1) is 0 Å². The van der Waals surface area contributed by atoms with Gasteiger partial charge in [-0.05, 0) is 0 Å². The van der Waals surface area contributed by atoms with E-state index in [4.69, 9.17) is 0 Å². The molecule has 0 saturated carbocycles. The Morgan fingerprint density at radius 3 is 1.23 bits per heavy atom. The van der Waals surface area contributed by atoms with Gasteiger partial charge >= 0.3 is 267 Å². The maximum absolute atomic E-state index is 11.1. The summed E-state index contributed by atoms with van der Waals surface area (Å²) in [6.07, 6.45) is 0. The molecule has 0 unspecified atom stereocenters. The van der Waals surface area contributed by atoms with Gasteiger partial charge in [0.2, 0.25) is 0 Å². The van der Waals surface area contributed by atoms with Crippen LogP contribution in [-0.2, 0) is 21.7 Å². The Labute approximate surface area is 266 Å². The van der Waals surface area contributed by atoms with Crippen LogP contribution in [0.4, 0.5) is 0 Å². The number of hydrogen-bond donors (Lipinski definition) is 3. The number of rotatable bonds is 4. The van der Waals surface area contributed by atoms with Crippen LogP contribution < -0.4 is 5.30 Å². The van der Waals surface area contributed by atoms with Crippen molar-refractivity contribution in [2.24, 2.45) is 0 Å². The van der Waals surface area contributed by atoms with E-state index >= 15 is 0 Å². The van der Waals surface area contributed by atoms with E-state index in [9.17, 15) is 14.7 Å². The van der Waals surface area contributed by atoms with Crippen molar-refractivity contribution in [1.29, 1.82) is 0 Å². The molecular formula is C40H53O3P. The molecule has 0 heterocycles. The first kappa shape index (κ1) is 34.1. The third-order valence-corrected chi connectivity index (χ3v) is 9.72. The zero-order valence-electron chi connectivity index (χ0n) is 28.8. The third-order valence-electron chi connectivity index (χ3n) is 8.58. The molecule has 4 heteroatoms. The average Bonchev–Trinajstić information content (AvgIpc) is 2.89. The Kier molecular flexibility index (Phi) is 8.92. The van der Waals surface area contributed by atoms with E-state index in [1.165, 1.54) is 16.7 Å². The van der Waals surface area contributed by atoms with Crippen LogP contribution in [0.25, 0.3) is 33.4 Å². The van der Waals surface area contributed by atoms with Gasteiger partial charge in [-0.15, -0.1) is 0 Å². The first-order chi connectivity index (χ1) is 20.0. The Balaban J connectivity index is 2.31. The summed E-state index contributed by atoms with van der Waals surface area (Å²) < 4.78 is 0. The van der Waals surface area contributed by atoms with Crippen molar-refractivity contribution in [3.05, 3.63) is 101 Å². The summed E-state index contributed by atoms with van der Waals surface area (Å²) in [5, 5.41) is 0.195. The predicted molar refractivity (Wildman–Crippen MR) is 192 cm³/mol. The van der Waals surface area contributed by atoms with Crippen LogP contribution in [-0.4, -0.2) is 14.7 Å². The van der Waals surface area contributed by atoms with E-state index in [2.05, 4.69) is 132 Å².